The van der Waals surface area contributed by atoms with Gasteiger partial charge in [-0.25, -0.2) is 0 Å². The van der Waals surface area contributed by atoms with Crippen LogP contribution in [0.5, 0.6) is 0 Å². The molecule has 0 spiro atoms. The van der Waals surface area contributed by atoms with Gasteiger partial charge in [0.2, 0.25) is 0 Å². The second-order valence-corrected chi connectivity index (χ2v) is 6.98. The van der Waals surface area contributed by atoms with E-state index < -0.39 is 0 Å². The van der Waals surface area contributed by atoms with E-state index >= 15 is 0 Å². The molecular weight excluding hydrogens is 256 g/mol. The van der Waals surface area contributed by atoms with Crippen LogP contribution in [0.1, 0.15) is 48.3 Å². The summed E-state index contributed by atoms with van der Waals surface area (Å²) in [7, 11) is 0. The molecule has 106 valence electrons. The van der Waals surface area contributed by atoms with Crippen LogP contribution in [0, 0.1) is 5.92 Å². The van der Waals surface area contributed by atoms with Gasteiger partial charge in [-0.2, -0.15) is 0 Å². The van der Waals surface area contributed by atoms with Crippen LogP contribution in [-0.4, -0.2) is 11.2 Å². The van der Waals surface area contributed by atoms with Crippen molar-refractivity contribution in [2.45, 2.75) is 44.1 Å². The van der Waals surface area contributed by atoms with Crippen molar-refractivity contribution in [3.8, 4) is 0 Å². The molecule has 2 aromatic carbocycles. The molecule has 0 amide bonds. The molecule has 0 aliphatic heterocycles. The topological polar surface area (TPSA) is 20.2 Å². The van der Waals surface area contributed by atoms with Gasteiger partial charge in [0.15, 0.2) is 0 Å². The van der Waals surface area contributed by atoms with E-state index in [-0.39, 0.29) is 6.10 Å². The third kappa shape index (κ3) is 1.61. The molecule has 0 bridgehead atoms. The zero-order valence-corrected chi connectivity index (χ0v) is 12.2. The molecule has 3 unspecified atom stereocenters. The van der Waals surface area contributed by atoms with Gasteiger partial charge in [-0.3, -0.25) is 0 Å². The SMILES string of the molecule is OC1C=C2c3ccc4cccc5c4c3C(CC5)CCC2C1. The van der Waals surface area contributed by atoms with E-state index in [2.05, 4.69) is 36.4 Å². The lowest BCUT2D eigenvalue weighted by Crippen LogP contribution is -2.10. The normalized spacial score (nSPS) is 30.0. The van der Waals surface area contributed by atoms with Gasteiger partial charge in [0.25, 0.3) is 0 Å². The first kappa shape index (κ1) is 12.0. The molecule has 3 atom stereocenters. The molecule has 1 N–H and O–H groups in total. The molecule has 0 aromatic heterocycles. The molecule has 0 saturated heterocycles. The molecule has 3 aliphatic carbocycles. The van der Waals surface area contributed by atoms with Gasteiger partial charge >= 0.3 is 0 Å². The van der Waals surface area contributed by atoms with Crippen LogP contribution in [0.4, 0.5) is 0 Å². The predicted molar refractivity (Wildman–Crippen MR) is 86.3 cm³/mol. The lowest BCUT2D eigenvalue weighted by molar-refractivity contribution is 0.207. The Kier molecular flexibility index (Phi) is 2.40. The molecule has 3 aliphatic rings. The van der Waals surface area contributed by atoms with E-state index in [0.717, 1.165) is 12.3 Å². The van der Waals surface area contributed by atoms with Gasteiger partial charge in [-0.05, 0) is 77.0 Å². The van der Waals surface area contributed by atoms with Crippen LogP contribution < -0.4 is 0 Å². The van der Waals surface area contributed by atoms with Crippen molar-refractivity contribution in [2.24, 2.45) is 5.92 Å². The van der Waals surface area contributed by atoms with E-state index in [4.69, 9.17) is 0 Å². The van der Waals surface area contributed by atoms with Crippen molar-refractivity contribution < 1.29 is 5.11 Å². The number of hydrogen-bond donors (Lipinski definition) is 1. The first-order valence-corrected chi connectivity index (χ1v) is 8.26. The Labute approximate surface area is 125 Å². The zero-order chi connectivity index (χ0) is 14.0. The minimum atomic E-state index is -0.233. The maximum Gasteiger partial charge on any atom is 0.0732 e. The summed E-state index contributed by atoms with van der Waals surface area (Å²) >= 11 is 0. The number of fused-ring (bicyclic) bond motifs is 2. The lowest BCUT2D eigenvalue weighted by atomic mass is 9.77. The number of benzene rings is 2. The van der Waals surface area contributed by atoms with Crippen molar-refractivity contribution in [1.29, 1.82) is 0 Å². The summed E-state index contributed by atoms with van der Waals surface area (Å²) in [4.78, 5) is 0. The summed E-state index contributed by atoms with van der Waals surface area (Å²) < 4.78 is 0. The van der Waals surface area contributed by atoms with E-state index in [1.165, 1.54) is 53.2 Å². The fourth-order valence-electron chi connectivity index (χ4n) is 4.95. The Hall–Kier alpha value is -1.60. The maximum atomic E-state index is 10.0. The standard InChI is InChI=1S/C20H20O/c21-16-10-15-7-6-14-5-4-12-2-1-3-13-8-9-17(18(15)11-16)20(14)19(12)13/h1-3,8-9,11,14-16,21H,4-7,10H2. The van der Waals surface area contributed by atoms with Crippen molar-refractivity contribution in [3.05, 3.63) is 53.1 Å². The third-order valence-corrected chi connectivity index (χ3v) is 5.85. The maximum absolute atomic E-state index is 10.0. The largest absolute Gasteiger partial charge is 0.389 e. The molecule has 0 heterocycles. The minimum Gasteiger partial charge on any atom is -0.389 e. The van der Waals surface area contributed by atoms with Gasteiger partial charge < -0.3 is 5.11 Å². The third-order valence-electron chi connectivity index (χ3n) is 5.85. The van der Waals surface area contributed by atoms with Crippen molar-refractivity contribution in [3.63, 3.8) is 0 Å². The Morgan fingerprint density at radius 3 is 2.81 bits per heavy atom. The Balaban J connectivity index is 1.87. The highest BCUT2D eigenvalue weighted by atomic mass is 16.3. The average Bonchev–Trinajstić information content (AvgIpc) is 2.81. The second kappa shape index (κ2) is 4.20. The molecule has 1 heteroatoms. The van der Waals surface area contributed by atoms with Crippen molar-refractivity contribution in [2.75, 3.05) is 0 Å². The zero-order valence-electron chi connectivity index (χ0n) is 12.2. The second-order valence-electron chi connectivity index (χ2n) is 6.98. The van der Waals surface area contributed by atoms with E-state index in [1.807, 2.05) is 0 Å². The number of hydrogen-bond acceptors (Lipinski definition) is 1. The summed E-state index contributed by atoms with van der Waals surface area (Å²) in [5.74, 6) is 1.30. The molecule has 2 aromatic rings. The van der Waals surface area contributed by atoms with Gasteiger partial charge in [0, 0.05) is 0 Å². The van der Waals surface area contributed by atoms with Crippen LogP contribution >= 0.6 is 0 Å². The summed E-state index contributed by atoms with van der Waals surface area (Å²) in [5.41, 5.74) is 5.99. The first-order chi connectivity index (χ1) is 10.3. The quantitative estimate of drug-likeness (QED) is 0.755. The Morgan fingerprint density at radius 1 is 0.952 bits per heavy atom. The van der Waals surface area contributed by atoms with Crippen molar-refractivity contribution >= 4 is 16.3 Å². The first-order valence-electron chi connectivity index (χ1n) is 8.26. The fraction of sp³-hybridized carbons (Fsp3) is 0.400. The summed E-state index contributed by atoms with van der Waals surface area (Å²) in [6, 6.07) is 11.4. The molecule has 21 heavy (non-hydrogen) atoms. The van der Waals surface area contributed by atoms with E-state index in [1.54, 1.807) is 5.56 Å². The van der Waals surface area contributed by atoms with Gasteiger partial charge in [-0.1, -0.05) is 36.4 Å². The van der Waals surface area contributed by atoms with Gasteiger partial charge in [0.1, 0.15) is 0 Å². The van der Waals surface area contributed by atoms with Gasteiger partial charge in [0.05, 0.1) is 6.10 Å². The minimum absolute atomic E-state index is 0.233. The smallest absolute Gasteiger partial charge is 0.0732 e. The Morgan fingerprint density at radius 2 is 1.86 bits per heavy atom. The monoisotopic (exact) mass is 276 g/mol. The summed E-state index contributed by atoms with van der Waals surface area (Å²) in [6.07, 6.45) is 7.88. The highest BCUT2D eigenvalue weighted by Gasteiger charge is 2.34. The average molecular weight is 276 g/mol. The highest BCUT2D eigenvalue weighted by molar-refractivity contribution is 5.95. The summed E-state index contributed by atoms with van der Waals surface area (Å²) in [6.45, 7) is 0. The number of aryl methyl sites for hydroxylation is 1. The van der Waals surface area contributed by atoms with Crippen LogP contribution in [-0.2, 0) is 6.42 Å². The van der Waals surface area contributed by atoms with E-state index in [0.29, 0.717) is 5.92 Å². The molecule has 0 radical (unpaired) electrons. The number of rotatable bonds is 0. The highest BCUT2D eigenvalue weighted by Crippen LogP contribution is 2.50. The molecule has 0 fully saturated rings. The lowest BCUT2D eigenvalue weighted by Gasteiger charge is -2.27. The van der Waals surface area contributed by atoms with E-state index in [9.17, 15) is 5.11 Å². The van der Waals surface area contributed by atoms with Crippen LogP contribution in [0.25, 0.3) is 16.3 Å². The summed E-state index contributed by atoms with van der Waals surface area (Å²) in [5, 5.41) is 13.0. The fourth-order valence-corrected chi connectivity index (χ4v) is 4.95. The molecular formula is C20H20O. The Bertz CT molecular complexity index is 771. The van der Waals surface area contributed by atoms with Crippen molar-refractivity contribution in [1.82, 2.24) is 0 Å². The molecule has 1 nitrogen and oxygen atoms in total. The molecule has 5 rings (SSSR count). The van der Waals surface area contributed by atoms with Crippen LogP contribution in [0.15, 0.2) is 36.4 Å². The number of allylic oxidation sites excluding steroid dienone is 1. The van der Waals surface area contributed by atoms with Crippen LogP contribution in [0.2, 0.25) is 0 Å². The van der Waals surface area contributed by atoms with Gasteiger partial charge in [-0.15, -0.1) is 0 Å². The van der Waals surface area contributed by atoms with Crippen LogP contribution in [0.3, 0.4) is 0 Å². The molecule has 0 saturated carbocycles. The number of aliphatic hydroxyl groups excluding tert-OH is 1. The number of aliphatic hydroxyl groups is 1. The predicted octanol–water partition coefficient (Wildman–Crippen LogP) is 4.43.